The van der Waals surface area contributed by atoms with E-state index in [-0.39, 0.29) is 6.54 Å². The molecule has 0 bridgehead atoms. The summed E-state index contributed by atoms with van der Waals surface area (Å²) in [5.41, 5.74) is 3.07. The molecule has 3 heterocycles. The number of carboxylic acids is 1. The highest BCUT2D eigenvalue weighted by molar-refractivity contribution is 5.93. The lowest BCUT2D eigenvalue weighted by Crippen LogP contribution is -2.13. The monoisotopic (exact) mass is 283 g/mol. The van der Waals surface area contributed by atoms with Crippen LogP contribution in [0.5, 0.6) is 0 Å². The van der Waals surface area contributed by atoms with Crippen molar-refractivity contribution in [3.8, 4) is 11.3 Å². The quantitative estimate of drug-likeness (QED) is 0.674. The summed E-state index contributed by atoms with van der Waals surface area (Å²) in [6, 6.07) is 7.44. The minimum absolute atomic E-state index is 0.196. The van der Waals surface area contributed by atoms with Gasteiger partial charge in [-0.2, -0.15) is 10.2 Å². The van der Waals surface area contributed by atoms with Crippen molar-refractivity contribution < 1.29 is 9.90 Å². The Kier molecular flexibility index (Phi) is 3.23. The third-order valence-corrected chi connectivity index (χ3v) is 3.02. The lowest BCUT2D eigenvalue weighted by Gasteiger charge is -2.07. The molecular formula is C14H13N5O2. The SMILES string of the molecule is Cc1ccc(-c2cc(NCC(=O)O)nc3[nH]ccc23)nn1. The van der Waals surface area contributed by atoms with Crippen molar-refractivity contribution in [3.05, 3.63) is 36.2 Å². The first kappa shape index (κ1) is 13.0. The number of rotatable bonds is 4. The molecular weight excluding hydrogens is 270 g/mol. The van der Waals surface area contributed by atoms with Crippen LogP contribution in [0.15, 0.2) is 30.5 Å². The molecule has 21 heavy (non-hydrogen) atoms. The first-order valence-corrected chi connectivity index (χ1v) is 6.38. The molecule has 7 heteroatoms. The summed E-state index contributed by atoms with van der Waals surface area (Å²) >= 11 is 0. The number of nitrogens with zero attached hydrogens (tertiary/aromatic N) is 3. The third kappa shape index (κ3) is 2.66. The predicted octanol–water partition coefficient (Wildman–Crippen LogP) is 1.82. The Morgan fingerprint density at radius 3 is 2.90 bits per heavy atom. The number of aromatic nitrogens is 4. The number of carboxylic acid groups (broad SMARTS) is 1. The molecule has 3 aromatic rings. The van der Waals surface area contributed by atoms with E-state index in [1.54, 1.807) is 12.3 Å². The summed E-state index contributed by atoms with van der Waals surface area (Å²) in [4.78, 5) is 18.0. The number of aliphatic carboxylic acids is 1. The van der Waals surface area contributed by atoms with Crippen molar-refractivity contribution >= 4 is 22.8 Å². The van der Waals surface area contributed by atoms with Gasteiger partial charge in [-0.3, -0.25) is 4.79 Å². The van der Waals surface area contributed by atoms with E-state index in [0.717, 1.165) is 16.6 Å². The van der Waals surface area contributed by atoms with Gasteiger partial charge in [0, 0.05) is 17.1 Å². The second-order valence-electron chi connectivity index (χ2n) is 4.60. The van der Waals surface area contributed by atoms with Gasteiger partial charge >= 0.3 is 5.97 Å². The molecule has 0 spiro atoms. The molecule has 0 saturated carbocycles. The third-order valence-electron chi connectivity index (χ3n) is 3.02. The Bertz CT molecular complexity index is 795. The van der Waals surface area contributed by atoms with Crippen molar-refractivity contribution in [1.29, 1.82) is 0 Å². The molecule has 0 aliphatic heterocycles. The molecule has 0 saturated heterocycles. The molecule has 3 N–H and O–H groups in total. The van der Waals surface area contributed by atoms with Gasteiger partial charge in [0.25, 0.3) is 0 Å². The smallest absolute Gasteiger partial charge is 0.322 e. The number of H-pyrrole nitrogens is 1. The molecule has 0 atom stereocenters. The van der Waals surface area contributed by atoms with Crippen molar-refractivity contribution in [2.24, 2.45) is 0 Å². The predicted molar refractivity (Wildman–Crippen MR) is 78.0 cm³/mol. The van der Waals surface area contributed by atoms with E-state index in [4.69, 9.17) is 5.11 Å². The summed E-state index contributed by atoms with van der Waals surface area (Å²) in [7, 11) is 0. The van der Waals surface area contributed by atoms with Crippen molar-refractivity contribution in [1.82, 2.24) is 20.2 Å². The number of fused-ring (bicyclic) bond motifs is 1. The topological polar surface area (TPSA) is 104 Å². The van der Waals surface area contributed by atoms with E-state index in [2.05, 4.69) is 25.5 Å². The first-order valence-electron chi connectivity index (χ1n) is 6.38. The zero-order chi connectivity index (χ0) is 14.8. The fraction of sp³-hybridized carbons (Fsp3) is 0.143. The summed E-state index contributed by atoms with van der Waals surface area (Å²) in [6.45, 7) is 1.67. The van der Waals surface area contributed by atoms with Gasteiger partial charge in [0.15, 0.2) is 0 Å². The van der Waals surface area contributed by atoms with Gasteiger partial charge in [0.1, 0.15) is 18.0 Å². The van der Waals surface area contributed by atoms with Crippen molar-refractivity contribution in [2.75, 3.05) is 11.9 Å². The van der Waals surface area contributed by atoms with Crippen LogP contribution in [0.4, 0.5) is 5.82 Å². The minimum Gasteiger partial charge on any atom is -0.480 e. The van der Waals surface area contributed by atoms with Crippen LogP contribution in [-0.4, -0.2) is 37.8 Å². The second kappa shape index (κ2) is 5.20. The maximum atomic E-state index is 10.7. The summed E-state index contributed by atoms with van der Waals surface area (Å²) in [5, 5.41) is 20.7. The van der Waals surface area contributed by atoms with Gasteiger partial charge in [-0.15, -0.1) is 0 Å². The van der Waals surface area contributed by atoms with E-state index in [9.17, 15) is 4.79 Å². The Morgan fingerprint density at radius 2 is 2.19 bits per heavy atom. The molecule has 0 amide bonds. The van der Waals surface area contributed by atoms with E-state index in [1.165, 1.54) is 0 Å². The number of hydrogen-bond donors (Lipinski definition) is 3. The lowest BCUT2D eigenvalue weighted by molar-refractivity contribution is -0.134. The maximum absolute atomic E-state index is 10.7. The van der Waals surface area contributed by atoms with Crippen LogP contribution in [-0.2, 0) is 4.79 Å². The summed E-state index contributed by atoms with van der Waals surface area (Å²) in [5.74, 6) is -0.468. The Hall–Kier alpha value is -2.96. The van der Waals surface area contributed by atoms with Gasteiger partial charge in [-0.05, 0) is 31.2 Å². The molecule has 7 nitrogen and oxygen atoms in total. The highest BCUT2D eigenvalue weighted by Gasteiger charge is 2.11. The van der Waals surface area contributed by atoms with Crippen molar-refractivity contribution in [2.45, 2.75) is 6.92 Å². The molecule has 0 aliphatic carbocycles. The fourth-order valence-electron chi connectivity index (χ4n) is 2.05. The molecule has 0 aliphatic rings. The van der Waals surface area contributed by atoms with Crippen LogP contribution in [0.25, 0.3) is 22.3 Å². The molecule has 106 valence electrons. The van der Waals surface area contributed by atoms with Crippen LogP contribution in [0.3, 0.4) is 0 Å². The van der Waals surface area contributed by atoms with Crippen LogP contribution in [0.1, 0.15) is 5.69 Å². The molecule has 0 radical (unpaired) electrons. The van der Waals surface area contributed by atoms with Gasteiger partial charge < -0.3 is 15.4 Å². The van der Waals surface area contributed by atoms with Crippen LogP contribution in [0.2, 0.25) is 0 Å². The number of hydrogen-bond acceptors (Lipinski definition) is 5. The van der Waals surface area contributed by atoms with Gasteiger partial charge in [0.05, 0.1) is 11.4 Å². The number of pyridine rings is 1. The molecule has 0 unspecified atom stereocenters. The maximum Gasteiger partial charge on any atom is 0.322 e. The normalized spacial score (nSPS) is 10.7. The number of nitrogens with one attached hydrogen (secondary N) is 2. The van der Waals surface area contributed by atoms with E-state index in [1.807, 2.05) is 25.1 Å². The van der Waals surface area contributed by atoms with Gasteiger partial charge in [-0.1, -0.05) is 0 Å². The Balaban J connectivity index is 2.08. The zero-order valence-corrected chi connectivity index (χ0v) is 11.3. The Labute approximate surface area is 120 Å². The van der Waals surface area contributed by atoms with Crippen LogP contribution < -0.4 is 5.32 Å². The van der Waals surface area contributed by atoms with E-state index >= 15 is 0 Å². The van der Waals surface area contributed by atoms with E-state index < -0.39 is 5.97 Å². The van der Waals surface area contributed by atoms with Crippen LogP contribution >= 0.6 is 0 Å². The average Bonchev–Trinajstić information content (AvgIpc) is 2.93. The molecule has 3 rings (SSSR count). The number of carbonyl (C=O) groups is 1. The van der Waals surface area contributed by atoms with Gasteiger partial charge in [0.2, 0.25) is 0 Å². The van der Waals surface area contributed by atoms with E-state index in [0.29, 0.717) is 17.2 Å². The highest BCUT2D eigenvalue weighted by atomic mass is 16.4. The largest absolute Gasteiger partial charge is 0.480 e. The van der Waals surface area contributed by atoms with Crippen molar-refractivity contribution in [3.63, 3.8) is 0 Å². The van der Waals surface area contributed by atoms with Crippen LogP contribution in [0, 0.1) is 6.92 Å². The fourth-order valence-corrected chi connectivity index (χ4v) is 2.05. The highest BCUT2D eigenvalue weighted by Crippen LogP contribution is 2.28. The zero-order valence-electron chi connectivity index (χ0n) is 11.3. The number of anilines is 1. The lowest BCUT2D eigenvalue weighted by atomic mass is 10.1. The first-order chi connectivity index (χ1) is 10.1. The minimum atomic E-state index is -0.944. The molecule has 0 aromatic carbocycles. The number of aromatic amines is 1. The van der Waals surface area contributed by atoms with Gasteiger partial charge in [-0.25, -0.2) is 4.98 Å². The summed E-state index contributed by atoms with van der Waals surface area (Å²) in [6.07, 6.45) is 1.78. The summed E-state index contributed by atoms with van der Waals surface area (Å²) < 4.78 is 0. The second-order valence-corrected chi connectivity index (χ2v) is 4.60. The standard InChI is InChI=1S/C14H13N5O2/c1-8-2-3-11(19-18-8)10-6-12(16-7-13(20)21)17-14-9(10)4-5-15-14/h2-6H,7H2,1H3,(H,20,21)(H2,15,16,17). The Morgan fingerprint density at radius 1 is 1.33 bits per heavy atom. The molecule has 0 fully saturated rings. The number of aryl methyl sites for hydroxylation is 1. The average molecular weight is 283 g/mol. The molecule has 3 aromatic heterocycles.